The second kappa shape index (κ2) is 10.5. The number of methoxy groups -OCH3 is 1. The highest BCUT2D eigenvalue weighted by atomic mass is 32.1. The summed E-state index contributed by atoms with van der Waals surface area (Å²) in [5, 5.41) is 6.62. The van der Waals surface area contributed by atoms with E-state index in [9.17, 15) is 23.6 Å². The highest BCUT2D eigenvalue weighted by molar-refractivity contribution is 7.14. The third-order valence-electron chi connectivity index (χ3n) is 5.93. The van der Waals surface area contributed by atoms with Gasteiger partial charge in [0.25, 0.3) is 5.91 Å². The molecule has 2 N–H and O–H groups in total. The van der Waals surface area contributed by atoms with Crippen LogP contribution in [-0.4, -0.2) is 60.1 Å². The van der Waals surface area contributed by atoms with E-state index in [1.54, 1.807) is 24.3 Å². The van der Waals surface area contributed by atoms with Crippen LogP contribution < -0.4 is 20.1 Å². The number of hydrogen-bond acceptors (Lipinski definition) is 9. The van der Waals surface area contributed by atoms with Crippen LogP contribution in [0.25, 0.3) is 0 Å². The van der Waals surface area contributed by atoms with Crippen molar-refractivity contribution in [3.63, 3.8) is 0 Å². The topological polar surface area (TPSA) is 136 Å². The van der Waals surface area contributed by atoms with Crippen LogP contribution in [0.4, 0.5) is 14.3 Å². The molecule has 2 atom stereocenters. The Hall–Kier alpha value is -4.52. The number of carbonyl (C=O) groups is 4. The largest absolute Gasteiger partial charge is 0.486 e. The molecule has 1 saturated heterocycles. The number of esters is 1. The van der Waals surface area contributed by atoms with Gasteiger partial charge < -0.3 is 24.8 Å². The number of nitrogens with zero attached hydrogens (tertiary/aromatic N) is 2. The van der Waals surface area contributed by atoms with Crippen LogP contribution in [0.15, 0.2) is 47.8 Å². The lowest BCUT2D eigenvalue weighted by molar-refractivity contribution is -0.134. The number of urea groups is 1. The number of imide groups is 1. The van der Waals surface area contributed by atoms with E-state index in [-0.39, 0.29) is 17.2 Å². The number of hydrogen-bond donors (Lipinski definition) is 2. The van der Waals surface area contributed by atoms with Crippen LogP contribution in [-0.2, 0) is 20.7 Å². The molecule has 5 rings (SSSR count). The van der Waals surface area contributed by atoms with Gasteiger partial charge in [0.05, 0.1) is 7.11 Å². The molecule has 0 radical (unpaired) electrons. The number of ether oxygens (including phenoxy) is 3. The Kier molecular flexibility index (Phi) is 6.92. The quantitative estimate of drug-likeness (QED) is 0.345. The first kappa shape index (κ1) is 25.1. The fourth-order valence-corrected chi connectivity index (χ4v) is 4.84. The standard InChI is InChI=1S/C25H21FN4O7S/c1-35-23(33)16-12-38-24(27-16)29-21(31)17(10-13-3-2-4-15(26)9-13)30-22(32)20(28-25(30)34)14-5-6-18-19(11-14)37-8-7-36-18/h2-6,9,11-12,17,20H,7-8,10H2,1H3,(H,28,34)(H,27,29,31)/t17-,20+/m0/s1. The van der Waals surface area contributed by atoms with E-state index in [1.165, 1.54) is 30.7 Å². The molecule has 0 spiro atoms. The molecule has 0 saturated carbocycles. The number of fused-ring (bicyclic) bond motifs is 1. The zero-order chi connectivity index (χ0) is 26.8. The Bertz CT molecular complexity index is 1430. The van der Waals surface area contributed by atoms with Gasteiger partial charge in [-0.05, 0) is 35.4 Å². The van der Waals surface area contributed by atoms with Crippen molar-refractivity contribution in [2.45, 2.75) is 18.5 Å². The van der Waals surface area contributed by atoms with Crippen molar-refractivity contribution in [2.75, 3.05) is 25.6 Å². The summed E-state index contributed by atoms with van der Waals surface area (Å²) in [7, 11) is 1.20. The molecule has 11 nitrogen and oxygen atoms in total. The predicted octanol–water partition coefficient (Wildman–Crippen LogP) is 2.68. The van der Waals surface area contributed by atoms with Crippen molar-refractivity contribution in [1.82, 2.24) is 15.2 Å². The molecule has 0 aliphatic carbocycles. The number of thiazole rings is 1. The molecule has 1 fully saturated rings. The molecule has 2 aliphatic heterocycles. The minimum Gasteiger partial charge on any atom is -0.486 e. The van der Waals surface area contributed by atoms with Crippen molar-refractivity contribution in [1.29, 1.82) is 0 Å². The van der Waals surface area contributed by atoms with Crippen LogP contribution in [0.3, 0.4) is 0 Å². The summed E-state index contributed by atoms with van der Waals surface area (Å²) < 4.78 is 29.6. The van der Waals surface area contributed by atoms with Gasteiger partial charge in [0.1, 0.15) is 31.1 Å². The summed E-state index contributed by atoms with van der Waals surface area (Å²) in [4.78, 5) is 56.5. The van der Waals surface area contributed by atoms with E-state index >= 15 is 0 Å². The molecule has 13 heteroatoms. The third kappa shape index (κ3) is 5.00. The van der Waals surface area contributed by atoms with Gasteiger partial charge in [-0.1, -0.05) is 18.2 Å². The summed E-state index contributed by atoms with van der Waals surface area (Å²) in [6, 6.07) is 7.17. The van der Waals surface area contributed by atoms with Crippen molar-refractivity contribution >= 4 is 40.3 Å². The van der Waals surface area contributed by atoms with E-state index in [0.29, 0.717) is 35.8 Å². The first-order valence-electron chi connectivity index (χ1n) is 11.5. The lowest BCUT2D eigenvalue weighted by Gasteiger charge is -2.24. The van der Waals surface area contributed by atoms with E-state index in [2.05, 4.69) is 20.4 Å². The molecule has 2 aliphatic rings. The second-order valence-electron chi connectivity index (χ2n) is 8.36. The fraction of sp³-hybridized carbons (Fsp3) is 0.240. The number of benzene rings is 2. The van der Waals surface area contributed by atoms with Gasteiger partial charge in [-0.15, -0.1) is 11.3 Å². The van der Waals surface area contributed by atoms with Gasteiger partial charge in [-0.3, -0.25) is 9.59 Å². The molecule has 3 aromatic rings. The van der Waals surface area contributed by atoms with Crippen molar-refractivity contribution < 1.29 is 37.8 Å². The van der Waals surface area contributed by atoms with E-state index < -0.39 is 41.7 Å². The summed E-state index contributed by atoms with van der Waals surface area (Å²) in [5.74, 6) is -1.67. The third-order valence-corrected chi connectivity index (χ3v) is 6.69. The molecular weight excluding hydrogens is 519 g/mol. The normalized spacial score (nSPS) is 17.1. The number of rotatable bonds is 7. The summed E-state index contributed by atoms with van der Waals surface area (Å²) in [6.45, 7) is 0.744. The zero-order valence-electron chi connectivity index (χ0n) is 19.9. The van der Waals surface area contributed by atoms with Gasteiger partial charge in [0.2, 0.25) is 5.91 Å². The maximum atomic E-state index is 13.9. The number of nitrogens with one attached hydrogen (secondary N) is 2. The summed E-state index contributed by atoms with van der Waals surface area (Å²) in [6.07, 6.45) is -0.161. The number of carbonyl (C=O) groups excluding carboxylic acids is 4. The smallest absolute Gasteiger partial charge is 0.357 e. The predicted molar refractivity (Wildman–Crippen MR) is 132 cm³/mol. The Balaban J connectivity index is 1.43. The van der Waals surface area contributed by atoms with Gasteiger partial charge in [-0.2, -0.15) is 0 Å². The van der Waals surface area contributed by atoms with Gasteiger partial charge in [0, 0.05) is 11.8 Å². The molecule has 196 valence electrons. The van der Waals surface area contributed by atoms with Crippen molar-refractivity contribution in [2.24, 2.45) is 0 Å². The van der Waals surface area contributed by atoms with E-state index in [4.69, 9.17) is 9.47 Å². The minimum atomic E-state index is -1.35. The van der Waals surface area contributed by atoms with Crippen molar-refractivity contribution in [3.05, 3.63) is 70.5 Å². The van der Waals surface area contributed by atoms with Crippen LogP contribution in [0.1, 0.15) is 27.7 Å². The monoisotopic (exact) mass is 540 g/mol. The highest BCUT2D eigenvalue weighted by Gasteiger charge is 2.45. The molecule has 4 amide bonds. The minimum absolute atomic E-state index is 0.0110. The lowest BCUT2D eigenvalue weighted by Crippen LogP contribution is -2.49. The second-order valence-corrected chi connectivity index (χ2v) is 9.22. The Morgan fingerprint density at radius 1 is 1.21 bits per heavy atom. The molecule has 3 heterocycles. The first-order valence-corrected chi connectivity index (χ1v) is 12.3. The average Bonchev–Trinajstić information content (AvgIpc) is 3.50. The average molecular weight is 541 g/mol. The van der Waals surface area contributed by atoms with Crippen LogP contribution in [0.2, 0.25) is 0 Å². The van der Waals surface area contributed by atoms with Crippen LogP contribution in [0.5, 0.6) is 11.5 Å². The lowest BCUT2D eigenvalue weighted by atomic mass is 10.0. The van der Waals surface area contributed by atoms with Crippen molar-refractivity contribution in [3.8, 4) is 11.5 Å². The Morgan fingerprint density at radius 3 is 2.76 bits per heavy atom. The molecule has 0 unspecified atom stereocenters. The van der Waals surface area contributed by atoms with E-state index in [0.717, 1.165) is 16.2 Å². The van der Waals surface area contributed by atoms with E-state index in [1.807, 2.05) is 0 Å². The first-order chi connectivity index (χ1) is 18.3. The number of halogens is 1. The maximum absolute atomic E-state index is 13.9. The molecule has 0 bridgehead atoms. The highest BCUT2D eigenvalue weighted by Crippen LogP contribution is 2.35. The Morgan fingerprint density at radius 2 is 2.00 bits per heavy atom. The molecular formula is C25H21FN4O7S. The van der Waals surface area contributed by atoms with Crippen LogP contribution in [0, 0.1) is 5.82 Å². The van der Waals surface area contributed by atoms with Gasteiger partial charge in [0.15, 0.2) is 22.3 Å². The number of amides is 4. The molecule has 2 aromatic carbocycles. The van der Waals surface area contributed by atoms with Crippen LogP contribution >= 0.6 is 11.3 Å². The number of aromatic nitrogens is 1. The summed E-state index contributed by atoms with van der Waals surface area (Å²) in [5.41, 5.74) is 0.828. The van der Waals surface area contributed by atoms with Gasteiger partial charge >= 0.3 is 12.0 Å². The number of anilines is 1. The zero-order valence-corrected chi connectivity index (χ0v) is 20.7. The molecule has 1 aromatic heterocycles. The van der Waals surface area contributed by atoms with Gasteiger partial charge in [-0.25, -0.2) is 23.9 Å². The SMILES string of the molecule is COC(=O)c1csc(NC(=O)[C@H](Cc2cccc(F)c2)N2C(=O)N[C@H](c3ccc4c(c3)OCCO4)C2=O)n1. The molecule has 38 heavy (non-hydrogen) atoms. The fourth-order valence-electron chi connectivity index (χ4n) is 4.16. The summed E-state index contributed by atoms with van der Waals surface area (Å²) >= 11 is 0.969. The Labute approximate surface area is 219 Å². The maximum Gasteiger partial charge on any atom is 0.357 e.